The highest BCUT2D eigenvalue weighted by Crippen LogP contribution is 2.32. The Hall–Kier alpha value is -2.03. The van der Waals surface area contributed by atoms with Crippen LogP contribution in [0.3, 0.4) is 0 Å². The van der Waals surface area contributed by atoms with E-state index in [2.05, 4.69) is 15.3 Å². The molecule has 2 fully saturated rings. The van der Waals surface area contributed by atoms with Crippen molar-refractivity contribution in [3.63, 3.8) is 0 Å². The van der Waals surface area contributed by atoms with Gasteiger partial charge in [0, 0.05) is 13.7 Å². The number of hydrogen-bond donors (Lipinski definition) is 1. The van der Waals surface area contributed by atoms with Crippen LogP contribution in [0.2, 0.25) is 0 Å². The van der Waals surface area contributed by atoms with Crippen LogP contribution in [-0.2, 0) is 27.9 Å². The molecule has 0 radical (unpaired) electrons. The van der Waals surface area contributed by atoms with Gasteiger partial charge < -0.3 is 19.3 Å². The number of aromatic hydroxyl groups is 1. The summed E-state index contributed by atoms with van der Waals surface area (Å²) in [5.74, 6) is 0.321. The normalized spacial score (nSPS) is 21.2. The number of pyridine rings is 1. The summed E-state index contributed by atoms with van der Waals surface area (Å²) in [5, 5.41) is 18.4. The third-order valence-corrected chi connectivity index (χ3v) is 4.66. The van der Waals surface area contributed by atoms with Gasteiger partial charge in [-0.2, -0.15) is 0 Å². The summed E-state index contributed by atoms with van der Waals surface area (Å²) < 4.78 is 18.4. The molecular weight excluding hydrogens is 324 g/mol. The van der Waals surface area contributed by atoms with Crippen molar-refractivity contribution in [2.24, 2.45) is 7.05 Å². The lowest BCUT2D eigenvalue weighted by Crippen LogP contribution is -2.26. The summed E-state index contributed by atoms with van der Waals surface area (Å²) in [4.78, 5) is 4.60. The number of aromatic nitrogens is 4. The van der Waals surface area contributed by atoms with Crippen molar-refractivity contribution in [1.82, 2.24) is 20.0 Å². The van der Waals surface area contributed by atoms with Crippen LogP contribution in [0.1, 0.15) is 36.6 Å². The molecule has 2 aliphatic rings. The van der Waals surface area contributed by atoms with Crippen LogP contribution in [-0.4, -0.2) is 51.2 Å². The van der Waals surface area contributed by atoms with E-state index in [-0.39, 0.29) is 18.0 Å². The predicted octanol–water partition coefficient (Wildman–Crippen LogP) is 1.74. The van der Waals surface area contributed by atoms with Crippen LogP contribution in [0.15, 0.2) is 12.1 Å². The minimum atomic E-state index is -0.174. The van der Waals surface area contributed by atoms with E-state index in [1.165, 1.54) is 0 Å². The van der Waals surface area contributed by atoms with Gasteiger partial charge in [0.1, 0.15) is 11.4 Å². The van der Waals surface area contributed by atoms with Crippen molar-refractivity contribution in [2.75, 3.05) is 19.8 Å². The van der Waals surface area contributed by atoms with Gasteiger partial charge in [0.05, 0.1) is 42.8 Å². The van der Waals surface area contributed by atoms with E-state index in [1.54, 1.807) is 16.8 Å². The number of aryl methyl sites for hydroxylation is 1. The van der Waals surface area contributed by atoms with Crippen molar-refractivity contribution < 1.29 is 19.3 Å². The fraction of sp³-hybridized carbons (Fsp3) is 0.588. The lowest BCUT2D eigenvalue weighted by atomic mass is 10.0. The van der Waals surface area contributed by atoms with Crippen molar-refractivity contribution in [3.8, 4) is 17.1 Å². The first kappa shape index (κ1) is 16.4. The summed E-state index contributed by atoms with van der Waals surface area (Å²) in [6.45, 7) is 2.26. The molecule has 2 aromatic heterocycles. The Morgan fingerprint density at radius 1 is 1.32 bits per heavy atom. The average molecular weight is 346 g/mol. The van der Waals surface area contributed by atoms with Gasteiger partial charge in [0.2, 0.25) is 0 Å². The molecular formula is C17H22N4O4. The van der Waals surface area contributed by atoms with Gasteiger partial charge in [-0.3, -0.25) is 0 Å². The highest BCUT2D eigenvalue weighted by molar-refractivity contribution is 5.58. The first-order chi connectivity index (χ1) is 12.2. The molecule has 0 spiro atoms. The maximum absolute atomic E-state index is 10.1. The first-order valence-electron chi connectivity index (χ1n) is 8.62. The molecule has 4 heterocycles. The summed E-state index contributed by atoms with van der Waals surface area (Å²) in [6.07, 6.45) is 2.94. The molecule has 2 aromatic rings. The molecule has 2 saturated heterocycles. The van der Waals surface area contributed by atoms with Gasteiger partial charge in [-0.15, -0.1) is 5.10 Å². The van der Waals surface area contributed by atoms with E-state index in [9.17, 15) is 5.11 Å². The van der Waals surface area contributed by atoms with Crippen molar-refractivity contribution in [2.45, 2.75) is 38.1 Å². The van der Waals surface area contributed by atoms with Gasteiger partial charge >= 0.3 is 0 Å². The molecule has 134 valence electrons. The lowest BCUT2D eigenvalue weighted by molar-refractivity contribution is -0.169. The number of ether oxygens (including phenoxy) is 3. The molecule has 8 nitrogen and oxygen atoms in total. The largest absolute Gasteiger partial charge is 0.506 e. The number of hydrogen-bond acceptors (Lipinski definition) is 7. The molecule has 1 unspecified atom stereocenters. The highest BCUT2D eigenvalue weighted by Gasteiger charge is 2.26. The average Bonchev–Trinajstić information content (AvgIpc) is 2.95. The Labute approximate surface area is 145 Å². The van der Waals surface area contributed by atoms with Crippen LogP contribution in [0.4, 0.5) is 0 Å². The van der Waals surface area contributed by atoms with Crippen molar-refractivity contribution >= 4 is 0 Å². The molecule has 0 amide bonds. The quantitative estimate of drug-likeness (QED) is 0.881. The van der Waals surface area contributed by atoms with Crippen molar-refractivity contribution in [3.05, 3.63) is 23.5 Å². The molecule has 0 aromatic carbocycles. The van der Waals surface area contributed by atoms with E-state index in [1.807, 2.05) is 7.05 Å². The van der Waals surface area contributed by atoms with E-state index >= 15 is 0 Å². The third kappa shape index (κ3) is 3.37. The SMILES string of the molecule is Cn1nnc(-c2ccc(O)c(C3COC3)n2)c1COC1CCCCO1. The van der Waals surface area contributed by atoms with Crippen LogP contribution >= 0.6 is 0 Å². The zero-order chi connectivity index (χ0) is 17.2. The standard InChI is InChI=1S/C17H22N4O4/c1-21-13(10-25-15-4-2-3-7-24-15)17(19-20-21)12-5-6-14(22)16(18-12)11-8-23-9-11/h5-6,11,15,22H,2-4,7-10H2,1H3. The minimum absolute atomic E-state index is 0.131. The van der Waals surface area contributed by atoms with Gasteiger partial charge in [-0.25, -0.2) is 9.67 Å². The maximum Gasteiger partial charge on any atom is 0.158 e. The summed E-state index contributed by atoms with van der Waals surface area (Å²) in [5.41, 5.74) is 2.83. The fourth-order valence-electron chi connectivity index (χ4n) is 3.05. The van der Waals surface area contributed by atoms with E-state index < -0.39 is 0 Å². The Bertz CT molecular complexity index is 738. The van der Waals surface area contributed by atoms with Crippen LogP contribution < -0.4 is 0 Å². The van der Waals surface area contributed by atoms with Gasteiger partial charge in [-0.05, 0) is 31.4 Å². The smallest absolute Gasteiger partial charge is 0.158 e. The fourth-order valence-corrected chi connectivity index (χ4v) is 3.05. The van der Waals surface area contributed by atoms with Gasteiger partial charge in [-0.1, -0.05) is 5.21 Å². The first-order valence-corrected chi connectivity index (χ1v) is 8.62. The maximum atomic E-state index is 10.1. The number of nitrogens with zero attached hydrogens (tertiary/aromatic N) is 4. The predicted molar refractivity (Wildman–Crippen MR) is 87.8 cm³/mol. The minimum Gasteiger partial charge on any atom is -0.506 e. The Balaban J connectivity index is 1.56. The second-order valence-corrected chi connectivity index (χ2v) is 6.45. The lowest BCUT2D eigenvalue weighted by Gasteiger charge is -2.26. The third-order valence-electron chi connectivity index (χ3n) is 4.66. The zero-order valence-corrected chi connectivity index (χ0v) is 14.2. The summed E-state index contributed by atoms with van der Waals surface area (Å²) >= 11 is 0. The summed E-state index contributed by atoms with van der Waals surface area (Å²) in [6, 6.07) is 3.41. The zero-order valence-electron chi connectivity index (χ0n) is 14.2. The van der Waals surface area contributed by atoms with E-state index in [0.717, 1.165) is 31.6 Å². The second kappa shape index (κ2) is 7.07. The Morgan fingerprint density at radius 3 is 2.92 bits per heavy atom. The molecule has 25 heavy (non-hydrogen) atoms. The molecule has 0 aliphatic carbocycles. The van der Waals surface area contributed by atoms with Gasteiger partial charge in [0.15, 0.2) is 6.29 Å². The molecule has 1 N–H and O–H groups in total. The second-order valence-electron chi connectivity index (χ2n) is 6.45. The van der Waals surface area contributed by atoms with Gasteiger partial charge in [0.25, 0.3) is 0 Å². The molecule has 2 aliphatic heterocycles. The van der Waals surface area contributed by atoms with Crippen LogP contribution in [0.5, 0.6) is 5.75 Å². The van der Waals surface area contributed by atoms with E-state index in [4.69, 9.17) is 14.2 Å². The Kier molecular flexibility index (Phi) is 4.65. The van der Waals surface area contributed by atoms with Crippen LogP contribution in [0.25, 0.3) is 11.4 Å². The monoisotopic (exact) mass is 346 g/mol. The summed E-state index contributed by atoms with van der Waals surface area (Å²) in [7, 11) is 1.83. The number of rotatable bonds is 5. The molecule has 8 heteroatoms. The molecule has 0 bridgehead atoms. The van der Waals surface area contributed by atoms with E-state index in [0.29, 0.717) is 36.9 Å². The molecule has 4 rings (SSSR count). The molecule has 1 atom stereocenters. The topological polar surface area (TPSA) is 91.5 Å². The Morgan fingerprint density at radius 2 is 2.20 bits per heavy atom. The highest BCUT2D eigenvalue weighted by atomic mass is 16.7. The van der Waals surface area contributed by atoms with Crippen LogP contribution in [0, 0.1) is 0 Å². The van der Waals surface area contributed by atoms with Crippen molar-refractivity contribution in [1.29, 1.82) is 0 Å². The molecule has 0 saturated carbocycles.